The highest BCUT2D eigenvalue weighted by molar-refractivity contribution is 5.89. The second kappa shape index (κ2) is 3.66. The van der Waals surface area contributed by atoms with Crippen LogP contribution in [0, 0.1) is 12.7 Å². The van der Waals surface area contributed by atoms with Crippen LogP contribution in [0.15, 0.2) is 23.0 Å². The number of carboxylic acid groups (broad SMARTS) is 1. The first-order valence-electron chi connectivity index (χ1n) is 6.02. The normalized spacial score (nSPS) is 16.5. The molecule has 1 aromatic heterocycles. The van der Waals surface area contributed by atoms with Gasteiger partial charge < -0.3 is 10.1 Å². The molecule has 1 heterocycles. The van der Waals surface area contributed by atoms with Crippen molar-refractivity contribution < 1.29 is 14.3 Å². The van der Waals surface area contributed by atoms with Crippen LogP contribution in [0.1, 0.15) is 24.0 Å². The third kappa shape index (κ3) is 1.58. The Kier molecular flexibility index (Phi) is 2.29. The van der Waals surface area contributed by atoms with Crippen molar-refractivity contribution in [3.05, 3.63) is 45.5 Å². The number of aryl methyl sites for hydroxylation is 1. The molecule has 2 N–H and O–H groups in total. The molecule has 98 valence electrons. The molecule has 0 amide bonds. The van der Waals surface area contributed by atoms with E-state index in [-0.39, 0.29) is 5.56 Å². The summed E-state index contributed by atoms with van der Waals surface area (Å²) < 4.78 is 13.3. The Morgan fingerprint density at radius 3 is 2.68 bits per heavy atom. The van der Waals surface area contributed by atoms with Gasteiger partial charge in [0.05, 0.1) is 5.41 Å². The molecule has 1 aliphatic carbocycles. The Bertz CT molecular complexity index is 759. The van der Waals surface area contributed by atoms with Crippen LogP contribution < -0.4 is 5.56 Å². The van der Waals surface area contributed by atoms with Gasteiger partial charge in [0, 0.05) is 16.5 Å². The van der Waals surface area contributed by atoms with E-state index in [0.29, 0.717) is 29.3 Å². The fourth-order valence-electron chi connectivity index (χ4n) is 2.70. The van der Waals surface area contributed by atoms with Crippen molar-refractivity contribution in [2.45, 2.75) is 25.2 Å². The van der Waals surface area contributed by atoms with Crippen LogP contribution in [0.4, 0.5) is 4.39 Å². The Labute approximate surface area is 107 Å². The summed E-state index contributed by atoms with van der Waals surface area (Å²) >= 11 is 0. The fourth-order valence-corrected chi connectivity index (χ4v) is 2.70. The largest absolute Gasteiger partial charge is 0.481 e. The van der Waals surface area contributed by atoms with Gasteiger partial charge in [-0.3, -0.25) is 9.59 Å². The Hall–Kier alpha value is -2.17. The molecule has 0 aliphatic heterocycles. The summed E-state index contributed by atoms with van der Waals surface area (Å²) in [4.78, 5) is 26.1. The van der Waals surface area contributed by atoms with Crippen molar-refractivity contribution >= 4 is 16.9 Å². The van der Waals surface area contributed by atoms with Crippen molar-refractivity contribution in [3.63, 3.8) is 0 Å². The number of aliphatic carboxylic acids is 1. The minimum absolute atomic E-state index is 0.262. The average Bonchev–Trinajstić information content (AvgIpc) is 3.12. The number of rotatable bonds is 2. The third-order valence-corrected chi connectivity index (χ3v) is 3.87. The predicted molar refractivity (Wildman–Crippen MR) is 67.8 cm³/mol. The number of H-pyrrole nitrogens is 1. The number of carboxylic acids is 1. The van der Waals surface area contributed by atoms with Crippen molar-refractivity contribution in [2.75, 3.05) is 0 Å². The molecular formula is C14H12FNO3. The molecule has 1 aliphatic rings. The molecule has 5 heteroatoms. The average molecular weight is 261 g/mol. The van der Waals surface area contributed by atoms with Gasteiger partial charge in [0.1, 0.15) is 5.82 Å². The summed E-state index contributed by atoms with van der Waals surface area (Å²) in [7, 11) is 0. The van der Waals surface area contributed by atoms with Gasteiger partial charge in [0.25, 0.3) is 5.56 Å². The number of nitrogens with one attached hydrogen (secondary N) is 1. The second-order valence-electron chi connectivity index (χ2n) is 5.03. The Morgan fingerprint density at radius 2 is 2.11 bits per heavy atom. The van der Waals surface area contributed by atoms with Gasteiger partial charge in [-0.1, -0.05) is 0 Å². The molecule has 0 bridgehead atoms. The summed E-state index contributed by atoms with van der Waals surface area (Å²) in [5.41, 5.74) is -0.139. The zero-order valence-electron chi connectivity index (χ0n) is 10.3. The van der Waals surface area contributed by atoms with E-state index in [1.54, 1.807) is 6.92 Å². The third-order valence-electron chi connectivity index (χ3n) is 3.87. The van der Waals surface area contributed by atoms with Crippen LogP contribution in [-0.4, -0.2) is 16.1 Å². The van der Waals surface area contributed by atoms with Crippen LogP contribution in [0.25, 0.3) is 10.9 Å². The van der Waals surface area contributed by atoms with E-state index in [4.69, 9.17) is 0 Å². The Balaban J connectivity index is 2.38. The summed E-state index contributed by atoms with van der Waals surface area (Å²) in [6, 6.07) is 4.08. The highest BCUT2D eigenvalue weighted by atomic mass is 19.1. The lowest BCUT2D eigenvalue weighted by Gasteiger charge is -2.14. The number of pyridine rings is 1. The summed E-state index contributed by atoms with van der Waals surface area (Å²) in [5.74, 6) is -1.40. The van der Waals surface area contributed by atoms with Crippen molar-refractivity contribution in [2.24, 2.45) is 0 Å². The minimum atomic E-state index is -1.09. The summed E-state index contributed by atoms with van der Waals surface area (Å²) in [5, 5.41) is 9.86. The number of hydrogen-bond acceptors (Lipinski definition) is 2. The molecule has 0 saturated heterocycles. The quantitative estimate of drug-likeness (QED) is 0.869. The number of aromatic amines is 1. The monoisotopic (exact) mass is 261 g/mol. The SMILES string of the molecule is Cc1c(C2(C(=O)O)CC2)c(=O)[nH]c2ccc(F)cc12. The van der Waals surface area contributed by atoms with Gasteiger partial charge in [-0.25, -0.2) is 4.39 Å². The first-order chi connectivity index (χ1) is 8.95. The van der Waals surface area contributed by atoms with E-state index in [1.807, 2.05) is 0 Å². The lowest BCUT2D eigenvalue weighted by Crippen LogP contribution is -2.29. The molecule has 0 atom stereocenters. The van der Waals surface area contributed by atoms with Crippen LogP contribution in [-0.2, 0) is 10.2 Å². The summed E-state index contributed by atoms with van der Waals surface area (Å²) in [6.07, 6.45) is 0.903. The van der Waals surface area contributed by atoms with Crippen molar-refractivity contribution in [3.8, 4) is 0 Å². The van der Waals surface area contributed by atoms with Gasteiger partial charge in [-0.15, -0.1) is 0 Å². The van der Waals surface area contributed by atoms with E-state index in [0.717, 1.165) is 0 Å². The zero-order valence-corrected chi connectivity index (χ0v) is 10.3. The standard InChI is InChI=1S/C14H12FNO3/c1-7-9-6-8(15)2-3-10(9)16-12(17)11(7)14(4-5-14)13(18)19/h2-3,6H,4-5H2,1H3,(H,16,17)(H,18,19). The van der Waals surface area contributed by atoms with Crippen molar-refractivity contribution in [1.82, 2.24) is 4.98 Å². The van der Waals surface area contributed by atoms with E-state index in [1.165, 1.54) is 18.2 Å². The molecule has 1 saturated carbocycles. The molecule has 3 rings (SSSR count). The first-order valence-corrected chi connectivity index (χ1v) is 6.02. The van der Waals surface area contributed by atoms with Gasteiger partial charge in [0.2, 0.25) is 0 Å². The molecule has 0 spiro atoms. The lowest BCUT2D eigenvalue weighted by atomic mass is 9.91. The second-order valence-corrected chi connectivity index (χ2v) is 5.03. The van der Waals surface area contributed by atoms with Gasteiger partial charge in [-0.05, 0) is 43.5 Å². The highest BCUT2D eigenvalue weighted by Gasteiger charge is 2.54. The molecule has 1 aromatic carbocycles. The van der Waals surface area contributed by atoms with Crippen LogP contribution in [0.5, 0.6) is 0 Å². The zero-order chi connectivity index (χ0) is 13.8. The maximum Gasteiger partial charge on any atom is 0.314 e. The number of carbonyl (C=O) groups is 1. The summed E-state index contributed by atoms with van der Waals surface area (Å²) in [6.45, 7) is 1.68. The number of aromatic nitrogens is 1. The first kappa shape index (κ1) is 11.9. The highest BCUT2D eigenvalue weighted by Crippen LogP contribution is 2.48. The number of halogens is 1. The van der Waals surface area contributed by atoms with Crippen LogP contribution in [0.2, 0.25) is 0 Å². The Morgan fingerprint density at radius 1 is 1.42 bits per heavy atom. The lowest BCUT2D eigenvalue weighted by molar-refractivity contribution is -0.140. The number of fused-ring (bicyclic) bond motifs is 1. The molecule has 2 aromatic rings. The molecule has 4 nitrogen and oxygen atoms in total. The van der Waals surface area contributed by atoms with Gasteiger partial charge in [0.15, 0.2) is 0 Å². The smallest absolute Gasteiger partial charge is 0.314 e. The van der Waals surface area contributed by atoms with E-state index in [2.05, 4.69) is 4.98 Å². The van der Waals surface area contributed by atoms with Gasteiger partial charge >= 0.3 is 5.97 Å². The van der Waals surface area contributed by atoms with E-state index in [9.17, 15) is 19.1 Å². The van der Waals surface area contributed by atoms with E-state index >= 15 is 0 Å². The van der Waals surface area contributed by atoms with Crippen LogP contribution in [0.3, 0.4) is 0 Å². The number of hydrogen-bond donors (Lipinski definition) is 2. The van der Waals surface area contributed by atoms with E-state index < -0.39 is 22.8 Å². The van der Waals surface area contributed by atoms with Crippen LogP contribution >= 0.6 is 0 Å². The number of benzene rings is 1. The molecule has 0 radical (unpaired) electrons. The van der Waals surface area contributed by atoms with Gasteiger partial charge in [-0.2, -0.15) is 0 Å². The van der Waals surface area contributed by atoms with Crippen molar-refractivity contribution in [1.29, 1.82) is 0 Å². The molecule has 1 fully saturated rings. The molecule has 19 heavy (non-hydrogen) atoms. The fraction of sp³-hybridized carbons (Fsp3) is 0.286. The molecular weight excluding hydrogens is 249 g/mol. The topological polar surface area (TPSA) is 70.2 Å². The minimum Gasteiger partial charge on any atom is -0.481 e. The maximum atomic E-state index is 13.3. The predicted octanol–water partition coefficient (Wildman–Crippen LogP) is 2.09. The molecule has 0 unspecified atom stereocenters. The maximum absolute atomic E-state index is 13.3.